The number of benzene rings is 2. The summed E-state index contributed by atoms with van der Waals surface area (Å²) in [5, 5.41) is 2.62. The van der Waals surface area contributed by atoms with Gasteiger partial charge in [-0.05, 0) is 48.9 Å². The second kappa shape index (κ2) is 8.35. The minimum absolute atomic E-state index is 0.0907. The first-order valence-corrected chi connectivity index (χ1v) is 10.6. The van der Waals surface area contributed by atoms with Gasteiger partial charge in [-0.1, -0.05) is 30.3 Å². The summed E-state index contributed by atoms with van der Waals surface area (Å²) in [5.41, 5.74) is -0.296. The Bertz CT molecular complexity index is 1120. The predicted octanol–water partition coefficient (Wildman–Crippen LogP) is 4.76. The summed E-state index contributed by atoms with van der Waals surface area (Å²) < 4.78 is 68.1. The van der Waals surface area contributed by atoms with Gasteiger partial charge < -0.3 is 9.73 Å². The van der Waals surface area contributed by atoms with Crippen molar-refractivity contribution in [3.8, 4) is 0 Å². The van der Waals surface area contributed by atoms with E-state index in [-0.39, 0.29) is 16.4 Å². The number of alkyl halides is 3. The molecular weight excluding hydrogens is 419 g/mol. The maximum Gasteiger partial charge on any atom is 0.416 e. The zero-order chi connectivity index (χ0) is 21.9. The van der Waals surface area contributed by atoms with Gasteiger partial charge in [-0.15, -0.1) is 0 Å². The van der Waals surface area contributed by atoms with Crippen molar-refractivity contribution in [2.75, 3.05) is 0 Å². The summed E-state index contributed by atoms with van der Waals surface area (Å²) in [6.07, 6.45) is -4.43. The van der Waals surface area contributed by atoms with E-state index in [1.54, 1.807) is 25.1 Å². The van der Waals surface area contributed by atoms with E-state index in [9.17, 15) is 26.4 Å². The van der Waals surface area contributed by atoms with Crippen molar-refractivity contribution in [2.24, 2.45) is 0 Å². The van der Waals surface area contributed by atoms with E-state index in [4.69, 9.17) is 4.42 Å². The van der Waals surface area contributed by atoms with E-state index in [0.29, 0.717) is 5.56 Å². The number of hydrogen-bond acceptors (Lipinski definition) is 4. The molecule has 5 nitrogen and oxygen atoms in total. The lowest BCUT2D eigenvalue weighted by Gasteiger charge is -2.14. The first kappa shape index (κ1) is 21.6. The Morgan fingerprint density at radius 1 is 1.00 bits per heavy atom. The first-order chi connectivity index (χ1) is 14.1. The third-order valence-electron chi connectivity index (χ3n) is 4.41. The van der Waals surface area contributed by atoms with Gasteiger partial charge in [-0.2, -0.15) is 13.2 Å². The lowest BCUT2D eigenvalue weighted by molar-refractivity contribution is -0.137. The van der Waals surface area contributed by atoms with E-state index < -0.39 is 39.3 Å². The summed E-state index contributed by atoms with van der Waals surface area (Å²) in [7, 11) is -3.63. The molecule has 0 aliphatic carbocycles. The van der Waals surface area contributed by atoms with E-state index in [0.717, 1.165) is 12.1 Å². The summed E-state index contributed by atoms with van der Waals surface area (Å²) in [6, 6.07) is 14.5. The second-order valence-corrected chi connectivity index (χ2v) is 8.64. The quantitative estimate of drug-likeness (QED) is 0.603. The maximum absolute atomic E-state index is 12.7. The molecule has 0 radical (unpaired) electrons. The van der Waals surface area contributed by atoms with Crippen LogP contribution in [0.4, 0.5) is 13.2 Å². The molecule has 3 aromatic rings. The molecule has 158 valence electrons. The zero-order valence-corrected chi connectivity index (χ0v) is 16.6. The molecule has 0 saturated carbocycles. The molecule has 2 aromatic carbocycles. The molecule has 0 bridgehead atoms. The number of hydrogen-bond donors (Lipinski definition) is 1. The summed E-state index contributed by atoms with van der Waals surface area (Å²) in [5.74, 6) is -0.998. The lowest BCUT2D eigenvalue weighted by Crippen LogP contribution is -2.26. The zero-order valence-electron chi connectivity index (χ0n) is 15.8. The molecule has 30 heavy (non-hydrogen) atoms. The average Bonchev–Trinajstić information content (AvgIpc) is 3.16. The normalized spacial score (nSPS) is 13.1. The number of furan rings is 1. The van der Waals surface area contributed by atoms with Crippen molar-refractivity contribution >= 4 is 15.7 Å². The van der Waals surface area contributed by atoms with Crippen molar-refractivity contribution in [1.29, 1.82) is 0 Å². The van der Waals surface area contributed by atoms with Gasteiger partial charge in [0.2, 0.25) is 0 Å². The third-order valence-corrected chi connectivity index (χ3v) is 6.06. The Hall–Kier alpha value is -3.07. The van der Waals surface area contributed by atoms with Crippen LogP contribution in [-0.4, -0.2) is 14.3 Å². The van der Waals surface area contributed by atoms with Gasteiger partial charge in [0.05, 0.1) is 16.5 Å². The molecular formula is C21H18F3NO4S. The Kier molecular flexibility index (Phi) is 6.02. The van der Waals surface area contributed by atoms with Gasteiger partial charge in [0, 0.05) is 0 Å². The van der Waals surface area contributed by atoms with Gasteiger partial charge in [-0.3, -0.25) is 4.79 Å². The average molecular weight is 437 g/mol. The fraction of sp³-hybridized carbons (Fsp3) is 0.190. The Balaban J connectivity index is 1.66. The molecule has 9 heteroatoms. The molecule has 1 N–H and O–H groups in total. The third kappa shape index (κ3) is 5.10. The molecule has 0 aliphatic heterocycles. The predicted molar refractivity (Wildman–Crippen MR) is 103 cm³/mol. The van der Waals surface area contributed by atoms with Crippen LogP contribution in [-0.2, 0) is 21.8 Å². The van der Waals surface area contributed by atoms with Gasteiger partial charge >= 0.3 is 6.18 Å². The van der Waals surface area contributed by atoms with Crippen molar-refractivity contribution in [3.05, 3.63) is 89.4 Å². The van der Waals surface area contributed by atoms with Crippen LogP contribution in [0, 0.1) is 0 Å². The van der Waals surface area contributed by atoms with Crippen LogP contribution in [0.1, 0.15) is 40.4 Å². The fourth-order valence-electron chi connectivity index (χ4n) is 2.79. The molecule has 1 amide bonds. The van der Waals surface area contributed by atoms with Gasteiger partial charge in [0.15, 0.2) is 15.6 Å². The topological polar surface area (TPSA) is 76.4 Å². The minimum atomic E-state index is -4.43. The number of rotatable bonds is 6. The highest BCUT2D eigenvalue weighted by atomic mass is 32.2. The highest BCUT2D eigenvalue weighted by Crippen LogP contribution is 2.30. The molecule has 3 rings (SSSR count). The number of carbonyl (C=O) groups is 1. The maximum atomic E-state index is 12.7. The van der Waals surface area contributed by atoms with Crippen LogP contribution in [0.15, 0.2) is 76.0 Å². The summed E-state index contributed by atoms with van der Waals surface area (Å²) in [4.78, 5) is 12.5. The Labute approximate surface area is 171 Å². The van der Waals surface area contributed by atoms with Gasteiger partial charge in [-0.25, -0.2) is 8.42 Å². The molecule has 1 unspecified atom stereocenters. The van der Waals surface area contributed by atoms with Crippen molar-refractivity contribution in [3.63, 3.8) is 0 Å². The van der Waals surface area contributed by atoms with Gasteiger partial charge in [0.1, 0.15) is 11.5 Å². The fourth-order valence-corrected chi connectivity index (χ4v) is 4.06. The lowest BCUT2D eigenvalue weighted by atomic mass is 10.1. The first-order valence-electron chi connectivity index (χ1n) is 8.91. The number of sulfone groups is 1. The highest BCUT2D eigenvalue weighted by Gasteiger charge is 2.30. The van der Waals surface area contributed by atoms with Crippen LogP contribution in [0.25, 0.3) is 0 Å². The molecule has 0 spiro atoms. The van der Waals surface area contributed by atoms with Crippen molar-refractivity contribution in [2.45, 2.75) is 29.8 Å². The van der Waals surface area contributed by atoms with Crippen molar-refractivity contribution in [1.82, 2.24) is 5.32 Å². The van der Waals surface area contributed by atoms with E-state index >= 15 is 0 Å². The molecule has 1 atom stereocenters. The SMILES string of the molecule is CC(NC(=O)c1ccc(CS(=O)(=O)c2ccccc2)o1)c1ccc(C(F)(F)F)cc1. The van der Waals surface area contributed by atoms with E-state index in [2.05, 4.69) is 5.32 Å². The van der Waals surface area contributed by atoms with Crippen LogP contribution in [0.5, 0.6) is 0 Å². The number of nitrogens with one attached hydrogen (secondary N) is 1. The van der Waals surface area contributed by atoms with Crippen LogP contribution in [0.3, 0.4) is 0 Å². The largest absolute Gasteiger partial charge is 0.455 e. The van der Waals surface area contributed by atoms with E-state index in [1.807, 2.05) is 0 Å². The monoisotopic (exact) mass is 437 g/mol. The number of amides is 1. The standard InChI is InChI=1S/C21H18F3NO4S/c1-14(15-7-9-16(10-8-15)21(22,23)24)25-20(26)19-12-11-17(29-19)13-30(27,28)18-5-3-2-4-6-18/h2-12,14H,13H2,1H3,(H,25,26). The summed E-state index contributed by atoms with van der Waals surface area (Å²) in [6.45, 7) is 1.62. The molecule has 0 saturated heterocycles. The van der Waals surface area contributed by atoms with Crippen LogP contribution >= 0.6 is 0 Å². The van der Waals surface area contributed by atoms with Crippen LogP contribution in [0.2, 0.25) is 0 Å². The minimum Gasteiger partial charge on any atom is -0.455 e. The molecule has 1 aromatic heterocycles. The second-order valence-electron chi connectivity index (χ2n) is 6.65. The molecule has 0 aliphatic rings. The highest BCUT2D eigenvalue weighted by molar-refractivity contribution is 7.90. The van der Waals surface area contributed by atoms with Crippen molar-refractivity contribution < 1.29 is 30.8 Å². The summed E-state index contributed by atoms with van der Waals surface area (Å²) >= 11 is 0. The number of halogens is 3. The number of carbonyl (C=O) groups excluding carboxylic acids is 1. The molecule has 0 fully saturated rings. The Morgan fingerprint density at radius 2 is 1.63 bits per heavy atom. The van der Waals surface area contributed by atoms with Gasteiger partial charge in [0.25, 0.3) is 5.91 Å². The smallest absolute Gasteiger partial charge is 0.416 e. The van der Waals surface area contributed by atoms with E-state index in [1.165, 1.54) is 36.4 Å². The van der Waals surface area contributed by atoms with Crippen LogP contribution < -0.4 is 5.32 Å². The molecule has 1 heterocycles. The Morgan fingerprint density at radius 3 is 2.23 bits per heavy atom.